The number of hydrogen-bond donors (Lipinski definition) is 1. The van der Waals surface area contributed by atoms with Crippen LogP contribution in [0.3, 0.4) is 0 Å². The highest BCUT2D eigenvalue weighted by Gasteiger charge is 2.27. The topological polar surface area (TPSA) is 93.2 Å². The summed E-state index contributed by atoms with van der Waals surface area (Å²) in [7, 11) is 0. The van der Waals surface area contributed by atoms with Gasteiger partial charge in [0.25, 0.3) is 5.89 Å². The molecule has 0 bridgehead atoms. The highest BCUT2D eigenvalue weighted by molar-refractivity contribution is 5.70. The van der Waals surface area contributed by atoms with E-state index in [1.165, 1.54) is 11.1 Å². The van der Waals surface area contributed by atoms with E-state index in [9.17, 15) is 5.26 Å². The van der Waals surface area contributed by atoms with Crippen LogP contribution in [-0.2, 0) is 11.3 Å². The monoisotopic (exact) mass is 404 g/mol. The number of fused-ring (bicyclic) bond motifs is 1. The minimum atomic E-state index is -0.0900. The Bertz CT molecular complexity index is 1080. The summed E-state index contributed by atoms with van der Waals surface area (Å²) in [6.45, 7) is 6.40. The van der Waals surface area contributed by atoms with Crippen LogP contribution in [0.15, 0.2) is 40.9 Å². The van der Waals surface area contributed by atoms with Crippen molar-refractivity contribution in [3.8, 4) is 34.7 Å². The van der Waals surface area contributed by atoms with E-state index in [-0.39, 0.29) is 12.1 Å². The highest BCUT2D eigenvalue weighted by atomic mass is 16.6. The second-order valence-electron chi connectivity index (χ2n) is 7.40. The maximum Gasteiger partial charge on any atom is 0.262 e. The third-order valence-electron chi connectivity index (χ3n) is 5.03. The molecule has 3 aromatic rings. The molecular weight excluding hydrogens is 380 g/mol. The first kappa shape index (κ1) is 20.1. The molecule has 1 atom stereocenters. The fraction of sp³-hybridized carbons (Fsp3) is 0.348. The van der Waals surface area contributed by atoms with Gasteiger partial charge in [-0.3, -0.25) is 0 Å². The molecule has 0 fully saturated rings. The van der Waals surface area contributed by atoms with Gasteiger partial charge in [0.05, 0.1) is 29.9 Å². The molecule has 1 aromatic heterocycles. The van der Waals surface area contributed by atoms with Crippen molar-refractivity contribution >= 4 is 0 Å². The first-order valence-corrected chi connectivity index (χ1v) is 10.2. The van der Waals surface area contributed by atoms with E-state index in [0.29, 0.717) is 35.2 Å². The van der Waals surface area contributed by atoms with E-state index >= 15 is 0 Å². The Labute approximate surface area is 175 Å². The third-order valence-corrected chi connectivity index (χ3v) is 5.03. The summed E-state index contributed by atoms with van der Waals surface area (Å²) in [5.41, 5.74) is 7.52. The van der Waals surface area contributed by atoms with E-state index in [1.807, 2.05) is 39.0 Å². The Morgan fingerprint density at radius 2 is 2.03 bits per heavy atom. The smallest absolute Gasteiger partial charge is 0.262 e. The lowest BCUT2D eigenvalue weighted by molar-refractivity contribution is 0.0244. The Morgan fingerprint density at radius 1 is 1.23 bits per heavy atom. The van der Waals surface area contributed by atoms with Crippen LogP contribution < -0.4 is 10.2 Å². The van der Waals surface area contributed by atoms with Crippen molar-refractivity contribution in [1.82, 2.24) is 15.6 Å². The number of benzene rings is 2. The molecule has 0 saturated heterocycles. The average molecular weight is 404 g/mol. The lowest BCUT2D eigenvalue weighted by atomic mass is 10.0. The van der Waals surface area contributed by atoms with Crippen molar-refractivity contribution in [2.75, 3.05) is 6.61 Å². The maximum atomic E-state index is 9.47. The van der Waals surface area contributed by atoms with Crippen molar-refractivity contribution < 1.29 is 14.1 Å². The molecule has 1 heterocycles. The van der Waals surface area contributed by atoms with Crippen molar-refractivity contribution in [3.05, 3.63) is 53.1 Å². The first-order chi connectivity index (χ1) is 14.6. The van der Waals surface area contributed by atoms with Gasteiger partial charge in [-0.2, -0.15) is 15.7 Å². The second-order valence-corrected chi connectivity index (χ2v) is 7.40. The van der Waals surface area contributed by atoms with Crippen LogP contribution >= 0.6 is 0 Å². The zero-order valence-electron chi connectivity index (χ0n) is 17.3. The van der Waals surface area contributed by atoms with E-state index in [0.717, 1.165) is 18.4 Å². The molecular formula is C23H24N4O3. The van der Waals surface area contributed by atoms with Crippen LogP contribution in [0.4, 0.5) is 0 Å². The van der Waals surface area contributed by atoms with E-state index in [4.69, 9.17) is 14.1 Å². The second kappa shape index (κ2) is 8.66. The summed E-state index contributed by atoms with van der Waals surface area (Å²) in [6.07, 6.45) is 1.77. The van der Waals surface area contributed by atoms with Gasteiger partial charge in [0.1, 0.15) is 11.8 Å². The SMILES string of the molecule is CCONC1CCc2c(-c3noc(-c4cccc(C#N)c4OC(C)C)n3)cccc21. The molecule has 0 saturated carbocycles. The molecule has 7 nitrogen and oxygen atoms in total. The lowest BCUT2D eigenvalue weighted by Gasteiger charge is -2.13. The number of hydrogen-bond acceptors (Lipinski definition) is 7. The van der Waals surface area contributed by atoms with Crippen molar-refractivity contribution in [1.29, 1.82) is 5.26 Å². The number of para-hydroxylation sites is 1. The third kappa shape index (κ3) is 3.80. The van der Waals surface area contributed by atoms with E-state index in [2.05, 4.69) is 27.8 Å². The van der Waals surface area contributed by atoms with Gasteiger partial charge < -0.3 is 14.1 Å². The van der Waals surface area contributed by atoms with Gasteiger partial charge >= 0.3 is 0 Å². The minimum Gasteiger partial charge on any atom is -0.489 e. The Morgan fingerprint density at radius 3 is 2.80 bits per heavy atom. The van der Waals surface area contributed by atoms with Gasteiger partial charge in [-0.15, -0.1) is 0 Å². The molecule has 4 rings (SSSR count). The molecule has 2 aromatic carbocycles. The summed E-state index contributed by atoms with van der Waals surface area (Å²) in [6, 6.07) is 13.8. The quantitative estimate of drug-likeness (QED) is 0.576. The standard InChI is InChI=1S/C23H24N4O3/c1-4-28-26-20-12-11-16-17(20)8-6-9-18(16)22-25-23(30-27-22)19-10-5-7-15(13-24)21(19)29-14(2)3/h5-10,14,20,26H,4,11-12H2,1-3H3. The van der Waals surface area contributed by atoms with Gasteiger partial charge in [0.15, 0.2) is 0 Å². The number of nitriles is 1. The summed E-state index contributed by atoms with van der Waals surface area (Å²) < 4.78 is 11.5. The summed E-state index contributed by atoms with van der Waals surface area (Å²) >= 11 is 0. The Hall–Kier alpha value is -3.21. The fourth-order valence-electron chi connectivity index (χ4n) is 3.77. The molecule has 30 heavy (non-hydrogen) atoms. The number of nitrogens with zero attached hydrogens (tertiary/aromatic N) is 3. The van der Waals surface area contributed by atoms with E-state index < -0.39 is 0 Å². The summed E-state index contributed by atoms with van der Waals surface area (Å²) in [5.74, 6) is 1.32. The largest absolute Gasteiger partial charge is 0.489 e. The lowest BCUT2D eigenvalue weighted by Crippen LogP contribution is -2.19. The van der Waals surface area contributed by atoms with Crippen molar-refractivity contribution in [2.45, 2.75) is 45.8 Å². The molecule has 1 unspecified atom stereocenters. The number of aromatic nitrogens is 2. The Balaban J connectivity index is 1.71. The van der Waals surface area contributed by atoms with Crippen molar-refractivity contribution in [2.24, 2.45) is 0 Å². The van der Waals surface area contributed by atoms with Crippen LogP contribution in [0, 0.1) is 11.3 Å². The van der Waals surface area contributed by atoms with E-state index in [1.54, 1.807) is 12.1 Å². The van der Waals surface area contributed by atoms with Gasteiger partial charge in [0, 0.05) is 5.56 Å². The molecule has 1 aliphatic carbocycles. The number of hydroxylamine groups is 1. The minimum absolute atomic E-state index is 0.0900. The molecule has 154 valence electrons. The van der Waals surface area contributed by atoms with Crippen LogP contribution in [0.1, 0.15) is 49.9 Å². The molecule has 0 amide bonds. The summed E-state index contributed by atoms with van der Waals surface area (Å²) in [4.78, 5) is 10.0. The van der Waals surface area contributed by atoms with Crippen molar-refractivity contribution in [3.63, 3.8) is 0 Å². The average Bonchev–Trinajstić information content (AvgIpc) is 3.39. The predicted molar refractivity (Wildman–Crippen MR) is 111 cm³/mol. The van der Waals surface area contributed by atoms with Gasteiger partial charge in [0.2, 0.25) is 5.82 Å². The van der Waals surface area contributed by atoms with Crippen LogP contribution in [0.2, 0.25) is 0 Å². The molecule has 1 aliphatic rings. The highest BCUT2D eigenvalue weighted by Crippen LogP contribution is 2.38. The zero-order valence-corrected chi connectivity index (χ0v) is 17.3. The molecule has 1 N–H and O–H groups in total. The van der Waals surface area contributed by atoms with Crippen LogP contribution in [-0.4, -0.2) is 22.9 Å². The normalized spacial score (nSPS) is 15.2. The first-order valence-electron chi connectivity index (χ1n) is 10.2. The van der Waals surface area contributed by atoms with Crippen LogP contribution in [0.25, 0.3) is 22.8 Å². The molecule has 0 aliphatic heterocycles. The zero-order chi connectivity index (χ0) is 21.1. The number of nitrogens with one attached hydrogen (secondary N) is 1. The molecule has 0 radical (unpaired) electrons. The molecule has 0 spiro atoms. The predicted octanol–water partition coefficient (Wildman–Crippen LogP) is 4.59. The fourth-order valence-corrected chi connectivity index (χ4v) is 3.77. The number of ether oxygens (including phenoxy) is 1. The molecule has 7 heteroatoms. The Kier molecular flexibility index (Phi) is 5.79. The van der Waals surface area contributed by atoms with Gasteiger partial charge in [-0.25, -0.2) is 0 Å². The maximum absolute atomic E-state index is 9.47. The number of rotatable bonds is 7. The van der Waals surface area contributed by atoms with Gasteiger partial charge in [-0.1, -0.05) is 29.4 Å². The van der Waals surface area contributed by atoms with Gasteiger partial charge in [-0.05, 0) is 56.9 Å². The summed E-state index contributed by atoms with van der Waals surface area (Å²) in [5, 5.41) is 13.7. The van der Waals surface area contributed by atoms with Crippen LogP contribution in [0.5, 0.6) is 5.75 Å².